The smallest absolute Gasteiger partial charge is 0.410 e. The van der Waals surface area contributed by atoms with Crippen LogP contribution in [0.15, 0.2) is 30.3 Å². The summed E-state index contributed by atoms with van der Waals surface area (Å²) in [6.07, 6.45) is -0.469. The standard InChI is InChI=1S/C23H30N4O5/c1-14(2)17(21(29)30)25-20(28)18-16-13-26(22(31)32-23(3,4)5)11-12-27(16)19(24-18)15-9-7-6-8-10-15/h6-10,14,17H,11-13H2,1-5H3,(H,25,28)(H,29,30)/t17-/m0/s1. The number of ether oxygens (including phenoxy) is 1. The van der Waals surface area contributed by atoms with Crippen LogP contribution in [-0.4, -0.2) is 55.7 Å². The number of nitrogens with zero attached hydrogens (tertiary/aromatic N) is 3. The van der Waals surface area contributed by atoms with Gasteiger partial charge in [0.15, 0.2) is 5.69 Å². The fourth-order valence-electron chi connectivity index (χ4n) is 3.56. The highest BCUT2D eigenvalue weighted by molar-refractivity contribution is 5.97. The lowest BCUT2D eigenvalue weighted by Gasteiger charge is -2.31. The molecular weight excluding hydrogens is 412 g/mol. The average molecular weight is 443 g/mol. The zero-order valence-corrected chi connectivity index (χ0v) is 19.1. The highest BCUT2D eigenvalue weighted by Crippen LogP contribution is 2.27. The minimum atomic E-state index is -1.11. The van der Waals surface area contributed by atoms with Crippen LogP contribution in [0.4, 0.5) is 4.79 Å². The maximum Gasteiger partial charge on any atom is 0.410 e. The second kappa shape index (κ2) is 9.02. The molecule has 3 rings (SSSR count). The van der Waals surface area contributed by atoms with Crippen molar-refractivity contribution in [3.05, 3.63) is 41.7 Å². The third kappa shape index (κ3) is 5.09. The van der Waals surface area contributed by atoms with Crippen molar-refractivity contribution in [2.24, 2.45) is 5.92 Å². The van der Waals surface area contributed by atoms with E-state index < -0.39 is 29.6 Å². The van der Waals surface area contributed by atoms with Gasteiger partial charge in [0.1, 0.15) is 17.5 Å². The number of nitrogens with one attached hydrogen (secondary N) is 1. The van der Waals surface area contributed by atoms with Gasteiger partial charge in [-0.3, -0.25) is 4.79 Å². The third-order valence-corrected chi connectivity index (χ3v) is 5.12. The van der Waals surface area contributed by atoms with Crippen molar-refractivity contribution in [1.82, 2.24) is 19.8 Å². The number of aliphatic carboxylic acids is 1. The van der Waals surface area contributed by atoms with Crippen LogP contribution >= 0.6 is 0 Å². The van der Waals surface area contributed by atoms with E-state index in [4.69, 9.17) is 4.74 Å². The van der Waals surface area contributed by atoms with Crippen LogP contribution in [0.25, 0.3) is 11.4 Å². The molecule has 1 atom stereocenters. The van der Waals surface area contributed by atoms with Crippen molar-refractivity contribution in [3.63, 3.8) is 0 Å². The van der Waals surface area contributed by atoms with Crippen LogP contribution < -0.4 is 5.32 Å². The Hall–Kier alpha value is -3.36. The Morgan fingerprint density at radius 1 is 1.12 bits per heavy atom. The number of fused-ring (bicyclic) bond motifs is 1. The Labute approximate surface area is 187 Å². The van der Waals surface area contributed by atoms with E-state index in [-0.39, 0.29) is 18.2 Å². The van der Waals surface area contributed by atoms with Crippen molar-refractivity contribution < 1.29 is 24.2 Å². The van der Waals surface area contributed by atoms with Crippen LogP contribution in [0.5, 0.6) is 0 Å². The normalized spacial score (nSPS) is 14.6. The van der Waals surface area contributed by atoms with E-state index in [1.165, 1.54) is 4.90 Å². The second-order valence-corrected chi connectivity index (χ2v) is 9.18. The summed E-state index contributed by atoms with van der Waals surface area (Å²) in [5.41, 5.74) is 0.850. The number of rotatable bonds is 5. The molecule has 1 aliphatic heterocycles. The molecule has 0 bridgehead atoms. The lowest BCUT2D eigenvalue weighted by atomic mass is 10.0. The molecule has 32 heavy (non-hydrogen) atoms. The Kier molecular flexibility index (Phi) is 6.57. The molecule has 0 saturated carbocycles. The summed E-state index contributed by atoms with van der Waals surface area (Å²) in [5, 5.41) is 12.1. The fourth-order valence-corrected chi connectivity index (χ4v) is 3.56. The predicted octanol–water partition coefficient (Wildman–Crippen LogP) is 3.14. The lowest BCUT2D eigenvalue weighted by Crippen LogP contribution is -2.45. The van der Waals surface area contributed by atoms with Crippen molar-refractivity contribution >= 4 is 18.0 Å². The molecule has 9 nitrogen and oxygen atoms in total. The quantitative estimate of drug-likeness (QED) is 0.735. The molecule has 0 fully saturated rings. The highest BCUT2D eigenvalue weighted by atomic mass is 16.6. The summed E-state index contributed by atoms with van der Waals surface area (Å²) in [5.74, 6) is -1.39. The zero-order chi connectivity index (χ0) is 23.6. The number of carboxylic acids is 1. The number of hydrogen-bond donors (Lipinski definition) is 2. The van der Waals surface area contributed by atoms with E-state index in [2.05, 4.69) is 10.3 Å². The van der Waals surface area contributed by atoms with Gasteiger partial charge in [0.2, 0.25) is 0 Å². The van der Waals surface area contributed by atoms with E-state index in [0.717, 1.165) is 5.56 Å². The number of carbonyl (C=O) groups excluding carboxylic acids is 2. The Bertz CT molecular complexity index is 1010. The summed E-state index contributed by atoms with van der Waals surface area (Å²) >= 11 is 0. The molecular formula is C23H30N4O5. The van der Waals surface area contributed by atoms with Crippen molar-refractivity contribution in [1.29, 1.82) is 0 Å². The van der Waals surface area contributed by atoms with Crippen LogP contribution in [0.2, 0.25) is 0 Å². The van der Waals surface area contributed by atoms with Gasteiger partial charge in [0.05, 0.1) is 12.2 Å². The second-order valence-electron chi connectivity index (χ2n) is 9.18. The lowest BCUT2D eigenvalue weighted by molar-refractivity contribution is -0.140. The van der Waals surface area contributed by atoms with Gasteiger partial charge in [-0.25, -0.2) is 14.6 Å². The van der Waals surface area contributed by atoms with Gasteiger partial charge >= 0.3 is 12.1 Å². The molecule has 0 saturated heterocycles. The van der Waals surface area contributed by atoms with Gasteiger partial charge in [0, 0.05) is 18.7 Å². The molecule has 2 N–H and O–H groups in total. The maximum absolute atomic E-state index is 13.1. The van der Waals surface area contributed by atoms with Gasteiger partial charge in [-0.2, -0.15) is 0 Å². The summed E-state index contributed by atoms with van der Waals surface area (Å²) in [6.45, 7) is 9.81. The van der Waals surface area contributed by atoms with Gasteiger partial charge in [-0.1, -0.05) is 44.2 Å². The van der Waals surface area contributed by atoms with Crippen molar-refractivity contribution in [2.75, 3.05) is 6.54 Å². The fraction of sp³-hybridized carbons (Fsp3) is 0.478. The molecule has 0 aliphatic carbocycles. The Balaban J connectivity index is 1.99. The topological polar surface area (TPSA) is 114 Å². The summed E-state index contributed by atoms with van der Waals surface area (Å²) in [7, 11) is 0. The van der Waals surface area contributed by atoms with Gasteiger partial charge in [0.25, 0.3) is 5.91 Å². The third-order valence-electron chi connectivity index (χ3n) is 5.12. The number of carboxylic acid groups (broad SMARTS) is 1. The van der Waals surface area contributed by atoms with E-state index >= 15 is 0 Å². The highest BCUT2D eigenvalue weighted by Gasteiger charge is 2.33. The molecule has 1 aromatic heterocycles. The van der Waals surface area contributed by atoms with Gasteiger partial charge in [-0.05, 0) is 26.7 Å². The van der Waals surface area contributed by atoms with E-state index in [9.17, 15) is 19.5 Å². The van der Waals surface area contributed by atoms with Crippen LogP contribution in [-0.2, 0) is 22.6 Å². The maximum atomic E-state index is 13.1. The van der Waals surface area contributed by atoms with E-state index in [1.807, 2.05) is 34.9 Å². The summed E-state index contributed by atoms with van der Waals surface area (Å²) in [6, 6.07) is 8.39. The number of aromatic nitrogens is 2. The average Bonchev–Trinajstić information content (AvgIpc) is 3.09. The van der Waals surface area contributed by atoms with Gasteiger partial charge in [-0.15, -0.1) is 0 Å². The summed E-state index contributed by atoms with van der Waals surface area (Å²) < 4.78 is 7.40. The number of hydrogen-bond acceptors (Lipinski definition) is 5. The Morgan fingerprint density at radius 2 is 1.78 bits per heavy atom. The number of benzene rings is 1. The molecule has 1 aliphatic rings. The van der Waals surface area contributed by atoms with Gasteiger partial charge < -0.3 is 24.6 Å². The van der Waals surface area contributed by atoms with E-state index in [0.29, 0.717) is 24.6 Å². The first-order valence-corrected chi connectivity index (χ1v) is 10.6. The molecule has 0 unspecified atom stereocenters. The van der Waals surface area contributed by atoms with Crippen LogP contribution in [0.1, 0.15) is 50.8 Å². The van der Waals surface area contributed by atoms with Crippen molar-refractivity contribution in [3.8, 4) is 11.4 Å². The van der Waals surface area contributed by atoms with E-state index in [1.54, 1.807) is 34.6 Å². The first-order valence-electron chi connectivity index (χ1n) is 10.6. The zero-order valence-electron chi connectivity index (χ0n) is 19.1. The first-order chi connectivity index (χ1) is 15.0. The molecule has 2 heterocycles. The number of amides is 2. The monoisotopic (exact) mass is 442 g/mol. The molecule has 1 aromatic carbocycles. The number of imidazole rings is 1. The molecule has 172 valence electrons. The molecule has 2 aromatic rings. The Morgan fingerprint density at radius 3 is 2.34 bits per heavy atom. The minimum Gasteiger partial charge on any atom is -0.480 e. The SMILES string of the molecule is CC(C)[C@H](NC(=O)c1nc(-c2ccccc2)n2c1CN(C(=O)OC(C)(C)C)CC2)C(=O)O. The largest absolute Gasteiger partial charge is 0.480 e. The molecule has 9 heteroatoms. The predicted molar refractivity (Wildman–Crippen MR) is 118 cm³/mol. The molecule has 2 amide bonds. The molecule has 0 spiro atoms. The molecule has 0 radical (unpaired) electrons. The van der Waals surface area contributed by atoms with Crippen LogP contribution in [0, 0.1) is 5.92 Å². The summed E-state index contributed by atoms with van der Waals surface area (Å²) in [4.78, 5) is 43.4. The first kappa shape index (κ1) is 23.3. The minimum absolute atomic E-state index is 0.115. The number of carbonyl (C=O) groups is 3. The van der Waals surface area contributed by atoms with Crippen LogP contribution in [0.3, 0.4) is 0 Å². The van der Waals surface area contributed by atoms with Crippen molar-refractivity contribution in [2.45, 2.75) is 59.4 Å².